The SMILES string of the molecule is CCOC(=O)Cn1c(=NC(=O)CS(=O)(=O)CC(=O)N2CCCCC2C)sc2cc(OCC)ccc21. The van der Waals surface area contributed by atoms with E-state index >= 15 is 0 Å². The van der Waals surface area contributed by atoms with Gasteiger partial charge in [-0.1, -0.05) is 11.3 Å². The van der Waals surface area contributed by atoms with Crippen molar-refractivity contribution >= 4 is 49.2 Å². The summed E-state index contributed by atoms with van der Waals surface area (Å²) in [5.41, 5.74) is 0.634. The van der Waals surface area contributed by atoms with Gasteiger partial charge in [0.25, 0.3) is 5.91 Å². The van der Waals surface area contributed by atoms with Gasteiger partial charge in [-0.15, -0.1) is 0 Å². The van der Waals surface area contributed by atoms with Crippen LogP contribution < -0.4 is 9.54 Å². The predicted molar refractivity (Wildman–Crippen MR) is 132 cm³/mol. The Morgan fingerprint density at radius 2 is 1.91 bits per heavy atom. The number of fused-ring (bicyclic) bond motifs is 1. The summed E-state index contributed by atoms with van der Waals surface area (Å²) in [6.45, 7) is 6.44. The average molecular weight is 526 g/mol. The topological polar surface area (TPSA) is 124 Å². The molecule has 10 nitrogen and oxygen atoms in total. The van der Waals surface area contributed by atoms with Crippen molar-refractivity contribution in [3.63, 3.8) is 0 Å². The third-order valence-electron chi connectivity index (χ3n) is 5.59. The molecule has 1 aromatic heterocycles. The average Bonchev–Trinajstić information content (AvgIpc) is 3.09. The van der Waals surface area contributed by atoms with Crippen LogP contribution in [0, 0.1) is 0 Å². The Balaban J connectivity index is 1.85. The molecule has 3 rings (SSSR count). The molecule has 1 saturated heterocycles. The number of ether oxygens (including phenoxy) is 2. The number of likely N-dealkylation sites (tertiary alicyclic amines) is 1. The molecule has 0 aliphatic carbocycles. The van der Waals surface area contributed by atoms with Crippen LogP contribution in [-0.4, -0.2) is 73.0 Å². The summed E-state index contributed by atoms with van der Waals surface area (Å²) >= 11 is 1.13. The Hall–Kier alpha value is -2.73. The van der Waals surface area contributed by atoms with E-state index in [4.69, 9.17) is 9.47 Å². The Bertz CT molecular complexity index is 1260. The van der Waals surface area contributed by atoms with Crippen LogP contribution in [-0.2, 0) is 35.5 Å². The second-order valence-electron chi connectivity index (χ2n) is 8.31. The maximum Gasteiger partial charge on any atom is 0.326 e. The number of aromatic nitrogens is 1. The molecule has 35 heavy (non-hydrogen) atoms. The van der Waals surface area contributed by atoms with Gasteiger partial charge < -0.3 is 18.9 Å². The van der Waals surface area contributed by atoms with Crippen molar-refractivity contribution in [2.75, 3.05) is 31.3 Å². The predicted octanol–water partition coefficient (Wildman–Crippen LogP) is 1.91. The monoisotopic (exact) mass is 525 g/mol. The van der Waals surface area contributed by atoms with Crippen LogP contribution in [0.1, 0.15) is 40.0 Å². The number of carbonyl (C=O) groups is 3. The summed E-state index contributed by atoms with van der Waals surface area (Å²) in [6, 6.07) is 5.23. The van der Waals surface area contributed by atoms with Gasteiger partial charge >= 0.3 is 5.97 Å². The molecular formula is C23H31N3O7S2. The minimum Gasteiger partial charge on any atom is -0.494 e. The lowest BCUT2D eigenvalue weighted by Gasteiger charge is -2.33. The van der Waals surface area contributed by atoms with Crippen molar-refractivity contribution < 1.29 is 32.3 Å². The standard InChI is InChI=1S/C23H31N3O7S2/c1-4-32-17-9-10-18-19(12-17)34-23(26(18)13-22(29)33-5-2)24-20(27)14-35(30,31)15-21(28)25-11-7-6-8-16(25)3/h9-10,12,16H,4-8,11,13-15H2,1-3H3. The van der Waals surface area contributed by atoms with E-state index in [9.17, 15) is 22.8 Å². The third-order valence-corrected chi connectivity index (χ3v) is 8.00. The normalized spacial score (nSPS) is 16.9. The van der Waals surface area contributed by atoms with E-state index in [1.54, 1.807) is 30.0 Å². The number of esters is 1. The molecule has 0 spiro atoms. The molecule has 1 fully saturated rings. The molecule has 2 aromatic rings. The zero-order valence-electron chi connectivity index (χ0n) is 20.2. The molecule has 0 radical (unpaired) electrons. The van der Waals surface area contributed by atoms with Crippen LogP contribution in [0.2, 0.25) is 0 Å². The largest absolute Gasteiger partial charge is 0.494 e. The van der Waals surface area contributed by atoms with Crippen LogP contribution >= 0.6 is 11.3 Å². The number of carbonyl (C=O) groups excluding carboxylic acids is 3. The molecule has 12 heteroatoms. The second-order valence-corrected chi connectivity index (χ2v) is 11.4. The van der Waals surface area contributed by atoms with Gasteiger partial charge in [0.15, 0.2) is 14.6 Å². The lowest BCUT2D eigenvalue weighted by Crippen LogP contribution is -2.45. The lowest BCUT2D eigenvalue weighted by molar-refractivity contribution is -0.143. The van der Waals surface area contributed by atoms with Crippen LogP contribution in [0.25, 0.3) is 10.2 Å². The van der Waals surface area contributed by atoms with Gasteiger partial charge in [-0.3, -0.25) is 14.4 Å². The Kier molecular flexibility index (Phi) is 9.06. The van der Waals surface area contributed by atoms with Crippen LogP contribution in [0.3, 0.4) is 0 Å². The first-order valence-electron chi connectivity index (χ1n) is 11.6. The zero-order valence-corrected chi connectivity index (χ0v) is 21.8. The number of hydrogen-bond donors (Lipinski definition) is 0. The van der Waals surface area contributed by atoms with E-state index < -0.39 is 39.1 Å². The molecule has 0 bridgehead atoms. The maximum atomic E-state index is 12.6. The third kappa shape index (κ3) is 7.14. The van der Waals surface area contributed by atoms with E-state index in [0.29, 0.717) is 29.1 Å². The van der Waals surface area contributed by atoms with Gasteiger partial charge in [0.05, 0.1) is 23.4 Å². The molecule has 0 saturated carbocycles. The summed E-state index contributed by atoms with van der Waals surface area (Å²) in [7, 11) is -4.01. The minimum atomic E-state index is -4.01. The Morgan fingerprint density at radius 1 is 1.14 bits per heavy atom. The van der Waals surface area contributed by atoms with Crippen molar-refractivity contribution in [1.82, 2.24) is 9.47 Å². The Morgan fingerprint density at radius 3 is 2.60 bits per heavy atom. The van der Waals surface area contributed by atoms with Gasteiger partial charge in [0.2, 0.25) is 5.91 Å². The molecule has 1 atom stereocenters. The number of hydrogen-bond acceptors (Lipinski definition) is 8. The van der Waals surface area contributed by atoms with Crippen molar-refractivity contribution in [2.24, 2.45) is 4.99 Å². The quantitative estimate of drug-likeness (QED) is 0.458. The van der Waals surface area contributed by atoms with E-state index in [2.05, 4.69) is 4.99 Å². The molecule has 0 N–H and O–H groups in total. The molecule has 2 amide bonds. The highest BCUT2D eigenvalue weighted by Gasteiger charge is 2.28. The van der Waals surface area contributed by atoms with E-state index in [1.807, 2.05) is 13.8 Å². The van der Waals surface area contributed by atoms with Gasteiger partial charge in [-0.25, -0.2) is 8.42 Å². The van der Waals surface area contributed by atoms with E-state index in [1.165, 1.54) is 4.57 Å². The van der Waals surface area contributed by atoms with E-state index in [0.717, 1.165) is 30.6 Å². The number of sulfone groups is 1. The van der Waals surface area contributed by atoms with Crippen LogP contribution in [0.15, 0.2) is 23.2 Å². The smallest absolute Gasteiger partial charge is 0.326 e. The van der Waals surface area contributed by atoms with Crippen LogP contribution in [0.5, 0.6) is 5.75 Å². The molecule has 1 aromatic carbocycles. The van der Waals surface area contributed by atoms with Gasteiger partial charge in [0.1, 0.15) is 23.8 Å². The maximum absolute atomic E-state index is 12.6. The van der Waals surface area contributed by atoms with Gasteiger partial charge in [-0.05, 0) is 58.2 Å². The summed E-state index contributed by atoms with van der Waals surface area (Å²) in [6.07, 6.45) is 2.67. The highest BCUT2D eigenvalue weighted by molar-refractivity contribution is 7.92. The molecule has 192 valence electrons. The highest BCUT2D eigenvalue weighted by Crippen LogP contribution is 2.23. The minimum absolute atomic E-state index is 0.0196. The summed E-state index contributed by atoms with van der Waals surface area (Å²) < 4.78 is 38.0. The summed E-state index contributed by atoms with van der Waals surface area (Å²) in [4.78, 5) is 43.1. The van der Waals surface area contributed by atoms with E-state index in [-0.39, 0.29) is 24.0 Å². The first-order valence-corrected chi connectivity index (χ1v) is 14.3. The lowest BCUT2D eigenvalue weighted by atomic mass is 10.0. The number of nitrogens with zero attached hydrogens (tertiary/aromatic N) is 3. The molecule has 1 unspecified atom stereocenters. The van der Waals surface area contributed by atoms with Crippen molar-refractivity contribution in [3.05, 3.63) is 23.0 Å². The number of piperidine rings is 1. The first kappa shape index (κ1) is 26.9. The fourth-order valence-corrected chi connectivity index (χ4v) is 6.16. The highest BCUT2D eigenvalue weighted by atomic mass is 32.2. The number of amides is 2. The molecular weight excluding hydrogens is 494 g/mol. The zero-order chi connectivity index (χ0) is 25.6. The van der Waals surface area contributed by atoms with Gasteiger partial charge in [0, 0.05) is 12.6 Å². The summed E-state index contributed by atoms with van der Waals surface area (Å²) in [5.74, 6) is -2.91. The Labute approximate surface area is 208 Å². The molecule has 1 aliphatic rings. The first-order chi connectivity index (χ1) is 16.6. The fourth-order valence-electron chi connectivity index (χ4n) is 4.00. The number of benzene rings is 1. The van der Waals surface area contributed by atoms with Crippen LogP contribution in [0.4, 0.5) is 0 Å². The fraction of sp³-hybridized carbons (Fsp3) is 0.565. The second kappa shape index (κ2) is 11.8. The summed E-state index contributed by atoms with van der Waals surface area (Å²) in [5, 5.41) is 0. The van der Waals surface area contributed by atoms with Crippen molar-refractivity contribution in [1.29, 1.82) is 0 Å². The van der Waals surface area contributed by atoms with Gasteiger partial charge in [-0.2, -0.15) is 4.99 Å². The molecule has 2 heterocycles. The van der Waals surface area contributed by atoms with Crippen molar-refractivity contribution in [2.45, 2.75) is 52.6 Å². The van der Waals surface area contributed by atoms with Crippen molar-refractivity contribution in [3.8, 4) is 5.75 Å². The number of thiazole rings is 1. The molecule has 1 aliphatic heterocycles. The number of rotatable bonds is 9.